The van der Waals surface area contributed by atoms with Gasteiger partial charge in [-0.2, -0.15) is 0 Å². The Bertz CT molecular complexity index is 373. The van der Waals surface area contributed by atoms with Crippen molar-refractivity contribution in [1.29, 1.82) is 0 Å². The molecule has 0 saturated heterocycles. The van der Waals surface area contributed by atoms with E-state index in [1.165, 1.54) is 4.90 Å². The first kappa shape index (κ1) is 13.4. The fraction of sp³-hybridized carbons (Fsp3) is 0.462. The van der Waals surface area contributed by atoms with Crippen LogP contribution in [-0.2, 0) is 4.74 Å². The molecule has 1 rings (SSSR count). The molecular formula is C13H19NO3. The summed E-state index contributed by atoms with van der Waals surface area (Å²) >= 11 is 0. The Hall–Kier alpha value is -1.71. The van der Waals surface area contributed by atoms with E-state index in [9.17, 15) is 9.90 Å². The molecule has 4 nitrogen and oxygen atoms in total. The van der Waals surface area contributed by atoms with Gasteiger partial charge >= 0.3 is 6.09 Å². The van der Waals surface area contributed by atoms with Gasteiger partial charge < -0.3 is 14.7 Å². The van der Waals surface area contributed by atoms with Gasteiger partial charge in [-0.05, 0) is 38.5 Å². The molecule has 1 aromatic rings. The molecule has 1 unspecified atom stereocenters. The number of aromatic hydroxyl groups is 1. The molecular weight excluding hydrogens is 218 g/mol. The minimum Gasteiger partial charge on any atom is -0.508 e. The highest BCUT2D eigenvalue weighted by Crippen LogP contribution is 2.21. The third-order valence-corrected chi connectivity index (χ3v) is 2.58. The molecule has 1 atom stereocenters. The highest BCUT2D eigenvalue weighted by atomic mass is 16.6. The second kappa shape index (κ2) is 5.57. The van der Waals surface area contributed by atoms with Gasteiger partial charge in [-0.3, -0.25) is 0 Å². The highest BCUT2D eigenvalue weighted by molar-refractivity contribution is 5.68. The summed E-state index contributed by atoms with van der Waals surface area (Å²) in [6, 6.07) is 6.70. The molecule has 0 fully saturated rings. The van der Waals surface area contributed by atoms with Crippen molar-refractivity contribution in [3.05, 3.63) is 29.8 Å². The lowest BCUT2D eigenvalue weighted by molar-refractivity contribution is 0.0744. The van der Waals surface area contributed by atoms with E-state index in [2.05, 4.69) is 0 Å². The molecule has 4 heteroatoms. The fourth-order valence-electron chi connectivity index (χ4n) is 1.42. The van der Waals surface area contributed by atoms with Crippen molar-refractivity contribution in [3.63, 3.8) is 0 Å². The zero-order chi connectivity index (χ0) is 13.0. The maximum atomic E-state index is 11.7. The number of hydrogen-bond donors (Lipinski definition) is 1. The van der Waals surface area contributed by atoms with Crippen LogP contribution in [0.5, 0.6) is 5.75 Å². The van der Waals surface area contributed by atoms with Gasteiger partial charge in [0.1, 0.15) is 5.75 Å². The van der Waals surface area contributed by atoms with E-state index in [1.54, 1.807) is 31.3 Å². The molecule has 1 aromatic carbocycles. The van der Waals surface area contributed by atoms with Gasteiger partial charge in [0.25, 0.3) is 0 Å². The summed E-state index contributed by atoms with van der Waals surface area (Å²) in [4.78, 5) is 13.2. The molecule has 0 aliphatic rings. The fourth-order valence-corrected chi connectivity index (χ4v) is 1.42. The third-order valence-electron chi connectivity index (χ3n) is 2.58. The van der Waals surface area contributed by atoms with Crippen LogP contribution in [0.15, 0.2) is 24.3 Å². The summed E-state index contributed by atoms with van der Waals surface area (Å²) < 4.78 is 5.12. The molecule has 1 N–H and O–H groups in total. The average molecular weight is 237 g/mol. The second-order valence-electron chi connectivity index (χ2n) is 4.31. The number of rotatable bonds is 3. The van der Waals surface area contributed by atoms with Crippen LogP contribution in [0, 0.1) is 0 Å². The van der Waals surface area contributed by atoms with Crippen LogP contribution in [0.1, 0.15) is 32.4 Å². The Morgan fingerprint density at radius 2 is 1.76 bits per heavy atom. The minimum absolute atomic E-state index is 0.0955. The van der Waals surface area contributed by atoms with Gasteiger partial charge in [0.2, 0.25) is 0 Å². The number of carbonyl (C=O) groups is 1. The number of hydrogen-bond acceptors (Lipinski definition) is 3. The van der Waals surface area contributed by atoms with Crippen molar-refractivity contribution in [3.8, 4) is 5.75 Å². The summed E-state index contributed by atoms with van der Waals surface area (Å²) in [5.41, 5.74) is 0.950. The van der Waals surface area contributed by atoms with Gasteiger partial charge in [0.05, 0.1) is 12.1 Å². The number of phenols is 1. The molecule has 0 heterocycles. The Morgan fingerprint density at radius 3 is 2.24 bits per heavy atom. The van der Waals surface area contributed by atoms with Crippen molar-refractivity contribution in [2.45, 2.75) is 32.9 Å². The number of benzene rings is 1. The molecule has 0 bridgehead atoms. The molecule has 0 spiro atoms. The Morgan fingerprint density at radius 1 is 1.24 bits per heavy atom. The van der Waals surface area contributed by atoms with E-state index in [4.69, 9.17) is 4.74 Å². The summed E-state index contributed by atoms with van der Waals surface area (Å²) in [6.45, 7) is 5.54. The van der Waals surface area contributed by atoms with Crippen molar-refractivity contribution in [1.82, 2.24) is 4.90 Å². The summed E-state index contributed by atoms with van der Waals surface area (Å²) in [7, 11) is 1.70. The quantitative estimate of drug-likeness (QED) is 0.879. The number of ether oxygens (including phenoxy) is 1. The normalized spacial score (nSPS) is 12.3. The van der Waals surface area contributed by atoms with Crippen molar-refractivity contribution >= 4 is 6.09 Å². The number of nitrogens with zero attached hydrogens (tertiary/aromatic N) is 1. The van der Waals surface area contributed by atoms with Crippen LogP contribution >= 0.6 is 0 Å². The number of phenolic OH excluding ortho intramolecular Hbond substituents is 1. The lowest BCUT2D eigenvalue weighted by atomic mass is 10.1. The van der Waals surface area contributed by atoms with Crippen LogP contribution in [0.25, 0.3) is 0 Å². The predicted octanol–water partition coefficient (Wildman–Crippen LogP) is 2.93. The molecule has 1 amide bonds. The molecule has 0 aliphatic heterocycles. The first-order chi connectivity index (χ1) is 7.91. The lowest BCUT2D eigenvalue weighted by Crippen LogP contribution is -2.31. The van der Waals surface area contributed by atoms with E-state index < -0.39 is 0 Å². The Balaban J connectivity index is 2.72. The maximum Gasteiger partial charge on any atom is 0.410 e. The first-order valence-electron chi connectivity index (χ1n) is 5.64. The lowest BCUT2D eigenvalue weighted by Gasteiger charge is -2.25. The molecule has 0 saturated carbocycles. The minimum atomic E-state index is -0.347. The monoisotopic (exact) mass is 237 g/mol. The zero-order valence-electron chi connectivity index (χ0n) is 10.7. The SMILES string of the molecule is CC(C)OC(=O)N(C)C(C)c1ccc(O)cc1. The third kappa shape index (κ3) is 3.66. The first-order valence-corrected chi connectivity index (χ1v) is 5.64. The van der Waals surface area contributed by atoms with E-state index in [0.29, 0.717) is 0 Å². The predicted molar refractivity (Wildman–Crippen MR) is 65.9 cm³/mol. The average Bonchev–Trinajstić information content (AvgIpc) is 2.27. The largest absolute Gasteiger partial charge is 0.508 e. The van der Waals surface area contributed by atoms with Gasteiger partial charge in [-0.15, -0.1) is 0 Å². The second-order valence-corrected chi connectivity index (χ2v) is 4.31. The number of amides is 1. The van der Waals surface area contributed by atoms with Gasteiger partial charge in [-0.1, -0.05) is 12.1 Å². The molecule has 0 radical (unpaired) electrons. The van der Waals surface area contributed by atoms with E-state index in [1.807, 2.05) is 20.8 Å². The van der Waals surface area contributed by atoms with Gasteiger partial charge in [-0.25, -0.2) is 4.79 Å². The van der Waals surface area contributed by atoms with Gasteiger partial charge in [0, 0.05) is 7.05 Å². The standard InChI is InChI=1S/C13H19NO3/c1-9(2)17-13(16)14(4)10(3)11-5-7-12(15)8-6-11/h5-10,15H,1-4H3. The molecule has 0 aromatic heterocycles. The van der Waals surface area contributed by atoms with E-state index in [0.717, 1.165) is 5.56 Å². The molecule has 94 valence electrons. The summed E-state index contributed by atoms with van der Waals surface area (Å²) in [6.07, 6.45) is -0.474. The summed E-state index contributed by atoms with van der Waals surface area (Å²) in [5, 5.41) is 9.20. The van der Waals surface area contributed by atoms with Crippen molar-refractivity contribution < 1.29 is 14.6 Å². The van der Waals surface area contributed by atoms with Crippen LogP contribution < -0.4 is 0 Å². The van der Waals surface area contributed by atoms with Crippen molar-refractivity contribution in [2.24, 2.45) is 0 Å². The maximum absolute atomic E-state index is 11.7. The molecule has 17 heavy (non-hydrogen) atoms. The van der Waals surface area contributed by atoms with Crippen LogP contribution in [0.3, 0.4) is 0 Å². The Labute approximate surface area is 102 Å². The zero-order valence-corrected chi connectivity index (χ0v) is 10.7. The van der Waals surface area contributed by atoms with E-state index >= 15 is 0 Å². The summed E-state index contributed by atoms with van der Waals surface area (Å²) in [5.74, 6) is 0.216. The van der Waals surface area contributed by atoms with Crippen LogP contribution in [0.4, 0.5) is 4.79 Å². The van der Waals surface area contributed by atoms with Crippen LogP contribution in [-0.4, -0.2) is 29.3 Å². The van der Waals surface area contributed by atoms with E-state index in [-0.39, 0.29) is 24.0 Å². The Kier molecular flexibility index (Phi) is 4.37. The van der Waals surface area contributed by atoms with Crippen molar-refractivity contribution in [2.75, 3.05) is 7.05 Å². The molecule has 0 aliphatic carbocycles. The number of carbonyl (C=O) groups excluding carboxylic acids is 1. The van der Waals surface area contributed by atoms with Crippen LogP contribution in [0.2, 0.25) is 0 Å². The smallest absolute Gasteiger partial charge is 0.410 e. The highest BCUT2D eigenvalue weighted by Gasteiger charge is 2.19. The topological polar surface area (TPSA) is 49.8 Å². The van der Waals surface area contributed by atoms with Gasteiger partial charge in [0.15, 0.2) is 0 Å².